The third-order valence-corrected chi connectivity index (χ3v) is 5.00. The maximum absolute atomic E-state index is 3.80. The smallest absolute Gasteiger partial charge is 0.0197 e. The fourth-order valence-electron chi connectivity index (χ4n) is 4.05. The molecular weight excluding hydrogens is 196 g/mol. The minimum Gasteiger partial charge on any atom is -0.312 e. The molecule has 0 aromatic carbocycles. The lowest BCUT2D eigenvalue weighted by Gasteiger charge is -2.41. The molecule has 0 aromatic heterocycles. The molecule has 2 nitrogen and oxygen atoms in total. The molecule has 16 heavy (non-hydrogen) atoms. The molecule has 3 unspecified atom stereocenters. The number of rotatable bonds is 2. The molecule has 2 aliphatic heterocycles. The van der Waals surface area contributed by atoms with Gasteiger partial charge in [-0.3, -0.25) is 0 Å². The standard InChI is InChI=1S/C14H26N2/c1-2-6-13-10-15-14(9-12(13)5-1)11-16-7-3-4-8-16/h12-15H,1-11H2. The van der Waals surface area contributed by atoms with Crippen molar-refractivity contribution in [3.8, 4) is 0 Å². The maximum Gasteiger partial charge on any atom is 0.0197 e. The van der Waals surface area contributed by atoms with Crippen molar-refractivity contribution in [2.45, 2.75) is 51.0 Å². The highest BCUT2D eigenvalue weighted by molar-refractivity contribution is 4.88. The normalized spacial score (nSPS) is 40.9. The molecule has 92 valence electrons. The lowest BCUT2D eigenvalue weighted by molar-refractivity contribution is 0.135. The fourth-order valence-corrected chi connectivity index (χ4v) is 4.05. The summed E-state index contributed by atoms with van der Waals surface area (Å²) in [6, 6.07) is 0.803. The van der Waals surface area contributed by atoms with E-state index in [1.54, 1.807) is 0 Å². The minimum absolute atomic E-state index is 0.803. The molecule has 2 saturated heterocycles. The summed E-state index contributed by atoms with van der Waals surface area (Å²) in [7, 11) is 0. The molecule has 0 bridgehead atoms. The number of nitrogens with one attached hydrogen (secondary N) is 1. The second-order valence-electron chi connectivity index (χ2n) is 6.15. The van der Waals surface area contributed by atoms with Gasteiger partial charge in [0.1, 0.15) is 0 Å². The van der Waals surface area contributed by atoms with Crippen LogP contribution in [-0.4, -0.2) is 37.1 Å². The molecule has 0 amide bonds. The van der Waals surface area contributed by atoms with E-state index in [0.717, 1.165) is 17.9 Å². The van der Waals surface area contributed by atoms with Gasteiger partial charge < -0.3 is 10.2 Å². The van der Waals surface area contributed by atoms with Crippen molar-refractivity contribution in [1.29, 1.82) is 0 Å². The Morgan fingerprint density at radius 2 is 1.69 bits per heavy atom. The van der Waals surface area contributed by atoms with Gasteiger partial charge in [-0.05, 0) is 57.2 Å². The highest BCUT2D eigenvalue weighted by Crippen LogP contribution is 2.35. The second-order valence-corrected chi connectivity index (χ2v) is 6.15. The number of fused-ring (bicyclic) bond motifs is 1. The summed E-state index contributed by atoms with van der Waals surface area (Å²) in [5.41, 5.74) is 0. The number of hydrogen-bond acceptors (Lipinski definition) is 2. The zero-order valence-corrected chi connectivity index (χ0v) is 10.5. The molecule has 0 aromatic rings. The first kappa shape index (κ1) is 11.0. The molecule has 1 saturated carbocycles. The Hall–Kier alpha value is -0.0800. The lowest BCUT2D eigenvalue weighted by atomic mass is 9.73. The quantitative estimate of drug-likeness (QED) is 0.771. The maximum atomic E-state index is 3.80. The third-order valence-electron chi connectivity index (χ3n) is 5.00. The van der Waals surface area contributed by atoms with Gasteiger partial charge >= 0.3 is 0 Å². The van der Waals surface area contributed by atoms with Crippen molar-refractivity contribution in [3.05, 3.63) is 0 Å². The molecule has 3 atom stereocenters. The summed E-state index contributed by atoms with van der Waals surface area (Å²) in [5, 5.41) is 3.80. The number of likely N-dealkylation sites (tertiary alicyclic amines) is 1. The Bertz CT molecular complexity index is 223. The highest BCUT2D eigenvalue weighted by atomic mass is 15.2. The predicted octanol–water partition coefficient (Wildman–Crippen LogP) is 2.25. The van der Waals surface area contributed by atoms with Crippen LogP contribution in [0.5, 0.6) is 0 Å². The Kier molecular flexibility index (Phi) is 3.49. The first-order valence-electron chi connectivity index (χ1n) is 7.37. The van der Waals surface area contributed by atoms with Crippen LogP contribution in [0.3, 0.4) is 0 Å². The second kappa shape index (κ2) is 5.05. The number of piperidine rings is 1. The molecule has 0 spiro atoms. The van der Waals surface area contributed by atoms with Crippen molar-refractivity contribution in [1.82, 2.24) is 10.2 Å². The van der Waals surface area contributed by atoms with E-state index in [2.05, 4.69) is 10.2 Å². The van der Waals surface area contributed by atoms with Crippen LogP contribution in [0.1, 0.15) is 44.9 Å². The zero-order valence-electron chi connectivity index (χ0n) is 10.5. The van der Waals surface area contributed by atoms with E-state index in [9.17, 15) is 0 Å². The van der Waals surface area contributed by atoms with E-state index in [0.29, 0.717) is 0 Å². The molecule has 2 heteroatoms. The van der Waals surface area contributed by atoms with E-state index in [-0.39, 0.29) is 0 Å². The molecule has 3 aliphatic rings. The van der Waals surface area contributed by atoms with Crippen LogP contribution in [0, 0.1) is 11.8 Å². The van der Waals surface area contributed by atoms with Gasteiger partial charge in [0, 0.05) is 12.6 Å². The van der Waals surface area contributed by atoms with Crippen LogP contribution >= 0.6 is 0 Å². The van der Waals surface area contributed by atoms with Gasteiger partial charge in [0.25, 0.3) is 0 Å². The van der Waals surface area contributed by atoms with Crippen LogP contribution in [0.25, 0.3) is 0 Å². The molecule has 3 fully saturated rings. The van der Waals surface area contributed by atoms with Crippen molar-refractivity contribution < 1.29 is 0 Å². The van der Waals surface area contributed by atoms with Crippen LogP contribution in [0.2, 0.25) is 0 Å². The summed E-state index contributed by atoms with van der Waals surface area (Å²) < 4.78 is 0. The Balaban J connectivity index is 1.50. The number of nitrogens with zero attached hydrogens (tertiary/aromatic N) is 1. The Morgan fingerprint density at radius 3 is 2.50 bits per heavy atom. The van der Waals surface area contributed by atoms with Crippen LogP contribution < -0.4 is 5.32 Å². The topological polar surface area (TPSA) is 15.3 Å². The lowest BCUT2D eigenvalue weighted by Crippen LogP contribution is -2.49. The minimum atomic E-state index is 0.803. The van der Waals surface area contributed by atoms with Crippen molar-refractivity contribution in [3.63, 3.8) is 0 Å². The van der Waals surface area contributed by atoms with E-state index in [4.69, 9.17) is 0 Å². The van der Waals surface area contributed by atoms with Crippen molar-refractivity contribution >= 4 is 0 Å². The first-order valence-corrected chi connectivity index (χ1v) is 7.37. The van der Waals surface area contributed by atoms with Crippen molar-refractivity contribution in [2.75, 3.05) is 26.2 Å². The average molecular weight is 222 g/mol. The van der Waals surface area contributed by atoms with Crippen molar-refractivity contribution in [2.24, 2.45) is 11.8 Å². The molecule has 0 radical (unpaired) electrons. The Morgan fingerprint density at radius 1 is 0.938 bits per heavy atom. The largest absolute Gasteiger partial charge is 0.312 e. The average Bonchev–Trinajstić information content (AvgIpc) is 2.82. The van der Waals surface area contributed by atoms with Gasteiger partial charge in [0.2, 0.25) is 0 Å². The molecule has 2 heterocycles. The molecule has 1 N–H and O–H groups in total. The van der Waals surface area contributed by atoms with E-state index in [1.807, 2.05) is 0 Å². The van der Waals surface area contributed by atoms with Gasteiger partial charge in [-0.1, -0.05) is 19.3 Å². The van der Waals surface area contributed by atoms with Crippen LogP contribution in [0.4, 0.5) is 0 Å². The fraction of sp³-hybridized carbons (Fsp3) is 1.00. The zero-order chi connectivity index (χ0) is 10.8. The summed E-state index contributed by atoms with van der Waals surface area (Å²) in [4.78, 5) is 2.67. The van der Waals surface area contributed by atoms with E-state index < -0.39 is 0 Å². The van der Waals surface area contributed by atoms with E-state index >= 15 is 0 Å². The van der Waals surface area contributed by atoms with Crippen LogP contribution in [0.15, 0.2) is 0 Å². The number of hydrogen-bond donors (Lipinski definition) is 1. The van der Waals surface area contributed by atoms with Gasteiger partial charge in [-0.2, -0.15) is 0 Å². The summed E-state index contributed by atoms with van der Waals surface area (Å²) in [6.07, 6.45) is 10.3. The molecular formula is C14H26N2. The Labute approximate surface area is 99.8 Å². The predicted molar refractivity (Wildman–Crippen MR) is 67.5 cm³/mol. The monoisotopic (exact) mass is 222 g/mol. The van der Waals surface area contributed by atoms with Gasteiger partial charge in [-0.15, -0.1) is 0 Å². The summed E-state index contributed by atoms with van der Waals surface area (Å²) in [5.74, 6) is 2.08. The third kappa shape index (κ3) is 2.43. The van der Waals surface area contributed by atoms with Gasteiger partial charge in [0.05, 0.1) is 0 Å². The van der Waals surface area contributed by atoms with Gasteiger partial charge in [-0.25, -0.2) is 0 Å². The first-order chi connectivity index (χ1) is 7.92. The molecule has 1 aliphatic carbocycles. The van der Waals surface area contributed by atoms with E-state index in [1.165, 1.54) is 71.1 Å². The van der Waals surface area contributed by atoms with Gasteiger partial charge in [0.15, 0.2) is 0 Å². The van der Waals surface area contributed by atoms with Crippen LogP contribution in [-0.2, 0) is 0 Å². The molecule has 3 rings (SSSR count). The SMILES string of the molecule is C1CCC2CC(CN3CCCC3)NCC2C1. The summed E-state index contributed by atoms with van der Waals surface area (Å²) >= 11 is 0. The summed E-state index contributed by atoms with van der Waals surface area (Å²) in [6.45, 7) is 5.34. The highest BCUT2D eigenvalue weighted by Gasteiger charge is 2.32.